The van der Waals surface area contributed by atoms with E-state index in [-0.39, 0.29) is 18.3 Å². The van der Waals surface area contributed by atoms with E-state index in [1.54, 1.807) is 0 Å². The summed E-state index contributed by atoms with van der Waals surface area (Å²) in [6, 6.07) is 7.73. The largest absolute Gasteiger partial charge is 0.494 e. The molecule has 0 aliphatic carbocycles. The fourth-order valence-electron chi connectivity index (χ4n) is 1.75. The number of nitrogen functional groups attached to an aromatic ring is 1. The molecule has 1 aromatic rings. The van der Waals surface area contributed by atoms with Crippen molar-refractivity contribution in [3.63, 3.8) is 0 Å². The molecular weight excluding hydrogens is 215 g/mol. The molecule has 1 fully saturated rings. The van der Waals surface area contributed by atoms with Gasteiger partial charge < -0.3 is 14.7 Å². The van der Waals surface area contributed by atoms with Gasteiger partial charge in [0.05, 0.1) is 11.2 Å². The van der Waals surface area contributed by atoms with Gasteiger partial charge in [-0.15, -0.1) is 0 Å². The summed E-state index contributed by atoms with van der Waals surface area (Å²) in [6.45, 7) is 8.16. The van der Waals surface area contributed by atoms with Crippen LogP contribution in [0.5, 0.6) is 0 Å². The summed E-state index contributed by atoms with van der Waals surface area (Å²) in [7, 11) is -0.340. The molecule has 0 bridgehead atoms. The van der Waals surface area contributed by atoms with Crippen molar-refractivity contribution in [3.8, 4) is 0 Å². The van der Waals surface area contributed by atoms with Crippen molar-refractivity contribution in [1.29, 1.82) is 0 Å². The zero-order chi connectivity index (χ0) is 12.7. The van der Waals surface area contributed by atoms with Crippen molar-refractivity contribution in [2.45, 2.75) is 38.9 Å². The lowest BCUT2D eigenvalue weighted by Crippen LogP contribution is -2.41. The van der Waals surface area contributed by atoms with Gasteiger partial charge in [0.1, 0.15) is 0 Å². The fourth-order valence-corrected chi connectivity index (χ4v) is 1.75. The smallest absolute Gasteiger partial charge is 0.399 e. The molecule has 0 unspecified atom stereocenters. The van der Waals surface area contributed by atoms with Crippen LogP contribution in [0, 0.1) is 0 Å². The van der Waals surface area contributed by atoms with Gasteiger partial charge in [0.15, 0.2) is 0 Å². The van der Waals surface area contributed by atoms with Gasteiger partial charge in [-0.1, -0.05) is 12.1 Å². The number of rotatable bonds is 2. The first-order valence-corrected chi connectivity index (χ1v) is 5.78. The van der Waals surface area contributed by atoms with Crippen LogP contribution in [0.2, 0.25) is 0 Å². The lowest BCUT2D eigenvalue weighted by atomic mass is 9.79. The molecule has 1 aliphatic rings. The lowest BCUT2D eigenvalue weighted by molar-refractivity contribution is 0.00578. The maximum absolute atomic E-state index is 5.96. The van der Waals surface area contributed by atoms with Crippen molar-refractivity contribution in [2.75, 3.05) is 5.43 Å². The van der Waals surface area contributed by atoms with E-state index in [9.17, 15) is 0 Å². The molecule has 2 rings (SSSR count). The summed E-state index contributed by atoms with van der Waals surface area (Å²) in [5.74, 6) is 5.39. The highest BCUT2D eigenvalue weighted by Crippen LogP contribution is 2.36. The van der Waals surface area contributed by atoms with Crippen LogP contribution in [-0.2, 0) is 9.31 Å². The summed E-state index contributed by atoms with van der Waals surface area (Å²) in [6.07, 6.45) is 0. The van der Waals surface area contributed by atoms with Crippen LogP contribution in [-0.4, -0.2) is 18.3 Å². The Labute approximate surface area is 103 Å². The van der Waals surface area contributed by atoms with Gasteiger partial charge in [-0.05, 0) is 45.3 Å². The normalized spacial score (nSPS) is 21.6. The predicted molar refractivity (Wildman–Crippen MR) is 70.0 cm³/mol. The van der Waals surface area contributed by atoms with Gasteiger partial charge in [-0.3, -0.25) is 5.84 Å². The topological polar surface area (TPSA) is 56.5 Å². The van der Waals surface area contributed by atoms with Gasteiger partial charge in [0.2, 0.25) is 0 Å². The summed E-state index contributed by atoms with van der Waals surface area (Å²) in [4.78, 5) is 0. The van der Waals surface area contributed by atoms with Crippen LogP contribution in [0.1, 0.15) is 27.7 Å². The van der Waals surface area contributed by atoms with Gasteiger partial charge >= 0.3 is 7.12 Å². The van der Waals surface area contributed by atoms with Crippen LogP contribution in [0.15, 0.2) is 24.3 Å². The maximum Gasteiger partial charge on any atom is 0.494 e. The monoisotopic (exact) mass is 234 g/mol. The van der Waals surface area contributed by atoms with Crippen LogP contribution in [0.25, 0.3) is 0 Å². The number of benzene rings is 1. The third-order valence-corrected chi connectivity index (χ3v) is 3.58. The minimum Gasteiger partial charge on any atom is -0.399 e. The molecule has 17 heavy (non-hydrogen) atoms. The Bertz CT molecular complexity index is 405. The number of nitrogens with two attached hydrogens (primary N) is 1. The first kappa shape index (κ1) is 12.4. The molecule has 3 N–H and O–H groups in total. The number of hydrogen-bond acceptors (Lipinski definition) is 4. The zero-order valence-electron chi connectivity index (χ0n) is 10.8. The molecule has 0 radical (unpaired) electrons. The first-order chi connectivity index (χ1) is 7.86. The molecule has 0 amide bonds. The molecule has 1 aromatic carbocycles. The van der Waals surface area contributed by atoms with Crippen LogP contribution >= 0.6 is 0 Å². The molecule has 5 heteroatoms. The Morgan fingerprint density at radius 2 is 1.71 bits per heavy atom. The summed E-state index contributed by atoms with van der Waals surface area (Å²) >= 11 is 0. The lowest BCUT2D eigenvalue weighted by Gasteiger charge is -2.32. The van der Waals surface area contributed by atoms with E-state index in [1.165, 1.54) is 0 Å². The van der Waals surface area contributed by atoms with Gasteiger partial charge in [-0.25, -0.2) is 0 Å². The minimum absolute atomic E-state index is 0.316. The first-order valence-electron chi connectivity index (χ1n) is 5.78. The molecule has 92 valence electrons. The van der Waals surface area contributed by atoms with Crippen molar-refractivity contribution >= 4 is 18.3 Å². The average molecular weight is 234 g/mol. The van der Waals surface area contributed by atoms with Crippen LogP contribution < -0.4 is 16.7 Å². The number of hydrazine groups is 1. The number of anilines is 1. The van der Waals surface area contributed by atoms with Gasteiger partial charge in [-0.2, -0.15) is 0 Å². The van der Waals surface area contributed by atoms with E-state index in [2.05, 4.69) is 5.43 Å². The molecule has 1 heterocycles. The molecule has 0 atom stereocenters. The molecule has 0 spiro atoms. The molecule has 4 nitrogen and oxygen atoms in total. The Kier molecular flexibility index (Phi) is 2.93. The third-order valence-electron chi connectivity index (χ3n) is 3.58. The van der Waals surface area contributed by atoms with Gasteiger partial charge in [0.25, 0.3) is 0 Å². The highest BCUT2D eigenvalue weighted by molar-refractivity contribution is 6.62. The molecule has 0 saturated carbocycles. The van der Waals surface area contributed by atoms with Gasteiger partial charge in [0, 0.05) is 5.69 Å². The second-order valence-electron chi connectivity index (χ2n) is 5.36. The second-order valence-corrected chi connectivity index (χ2v) is 5.36. The Balaban J connectivity index is 2.25. The Hall–Kier alpha value is -1.04. The van der Waals surface area contributed by atoms with Crippen LogP contribution in [0.3, 0.4) is 0 Å². The van der Waals surface area contributed by atoms with E-state index < -0.39 is 0 Å². The highest BCUT2D eigenvalue weighted by Gasteiger charge is 2.51. The van der Waals surface area contributed by atoms with E-state index in [0.29, 0.717) is 0 Å². The average Bonchev–Trinajstić information content (AvgIpc) is 2.48. The summed E-state index contributed by atoms with van der Waals surface area (Å²) in [5.41, 5.74) is 3.81. The SMILES string of the molecule is CC1(C)OB(c2cccc(NN)c2)OC1(C)C. The van der Waals surface area contributed by atoms with E-state index in [4.69, 9.17) is 15.2 Å². The predicted octanol–water partition coefficient (Wildman–Crippen LogP) is 1.27. The van der Waals surface area contributed by atoms with Crippen molar-refractivity contribution in [1.82, 2.24) is 0 Å². The number of nitrogens with one attached hydrogen (secondary N) is 1. The highest BCUT2D eigenvalue weighted by atomic mass is 16.7. The maximum atomic E-state index is 5.96. The molecule has 0 aromatic heterocycles. The Morgan fingerprint density at radius 1 is 1.12 bits per heavy atom. The zero-order valence-corrected chi connectivity index (χ0v) is 10.8. The van der Waals surface area contributed by atoms with Crippen molar-refractivity contribution < 1.29 is 9.31 Å². The van der Waals surface area contributed by atoms with E-state index >= 15 is 0 Å². The third kappa shape index (κ3) is 2.18. The van der Waals surface area contributed by atoms with Crippen LogP contribution in [0.4, 0.5) is 5.69 Å². The summed E-state index contributed by atoms with van der Waals surface area (Å²) in [5, 5.41) is 0. The summed E-state index contributed by atoms with van der Waals surface area (Å²) < 4.78 is 11.9. The molecule has 1 saturated heterocycles. The Morgan fingerprint density at radius 3 is 2.24 bits per heavy atom. The molecule has 1 aliphatic heterocycles. The fraction of sp³-hybridized carbons (Fsp3) is 0.500. The minimum atomic E-state index is -0.340. The number of hydrogen-bond donors (Lipinski definition) is 2. The quantitative estimate of drug-likeness (QED) is 0.459. The standard InChI is InChI=1S/C12H19BN2O2/c1-11(2)12(3,4)17-13(16-11)9-6-5-7-10(8-9)15-14/h5-8,15H,14H2,1-4H3. The van der Waals surface area contributed by atoms with E-state index in [1.807, 2.05) is 52.0 Å². The second kappa shape index (κ2) is 4.01. The van der Waals surface area contributed by atoms with Crippen molar-refractivity contribution in [2.24, 2.45) is 5.84 Å². The molecular formula is C12H19BN2O2. The van der Waals surface area contributed by atoms with Crippen molar-refractivity contribution in [3.05, 3.63) is 24.3 Å². The van der Waals surface area contributed by atoms with E-state index in [0.717, 1.165) is 11.2 Å².